The molecule has 37 heavy (non-hydrogen) atoms. The van der Waals surface area contributed by atoms with Crippen LogP contribution in [0.4, 0.5) is 10.8 Å². The Morgan fingerprint density at radius 3 is 2.76 bits per heavy atom. The van der Waals surface area contributed by atoms with Crippen molar-refractivity contribution in [1.29, 1.82) is 0 Å². The van der Waals surface area contributed by atoms with Gasteiger partial charge in [-0.25, -0.2) is 9.78 Å². The maximum atomic E-state index is 13.0. The molecule has 0 saturated carbocycles. The minimum absolute atomic E-state index is 0.0522. The van der Waals surface area contributed by atoms with Crippen LogP contribution in [-0.4, -0.2) is 73.2 Å². The van der Waals surface area contributed by atoms with E-state index in [4.69, 9.17) is 5.73 Å². The van der Waals surface area contributed by atoms with Crippen LogP contribution in [0.15, 0.2) is 58.0 Å². The van der Waals surface area contributed by atoms with Gasteiger partial charge in [-0.1, -0.05) is 5.16 Å². The zero-order valence-electron chi connectivity index (χ0n) is 19.2. The fraction of sp³-hybridized carbons (Fsp3) is 0.261. The number of oxime groups is 1. The molecule has 0 unspecified atom stereocenters. The van der Waals surface area contributed by atoms with Crippen molar-refractivity contribution in [1.82, 2.24) is 20.2 Å². The SMILES string of the molecule is Nc1nc(/C(=N/O)C(=O)N[C@@H]2C(=O)N3C(C(=O)O)=C(/C=C4\CCN(c5cccnc5)C4=O)CC[C@H]23)cs1. The van der Waals surface area contributed by atoms with Gasteiger partial charge < -0.3 is 26.3 Å². The molecule has 2 atom stereocenters. The Morgan fingerprint density at radius 2 is 2.11 bits per heavy atom. The molecular weight excluding hydrogens is 502 g/mol. The number of carboxylic acids is 1. The van der Waals surface area contributed by atoms with Crippen LogP contribution >= 0.6 is 11.3 Å². The van der Waals surface area contributed by atoms with Gasteiger partial charge in [0.1, 0.15) is 17.4 Å². The van der Waals surface area contributed by atoms with Gasteiger partial charge in [-0.3, -0.25) is 24.3 Å². The highest BCUT2D eigenvalue weighted by Gasteiger charge is 2.53. The van der Waals surface area contributed by atoms with Crippen molar-refractivity contribution < 1.29 is 29.5 Å². The Hall–Kier alpha value is -4.59. The molecule has 13 nitrogen and oxygen atoms in total. The molecule has 0 spiro atoms. The number of nitrogens with zero attached hydrogens (tertiary/aromatic N) is 5. The summed E-state index contributed by atoms with van der Waals surface area (Å²) in [6, 6.07) is 1.89. The number of carbonyl (C=O) groups excluding carboxylic acids is 3. The summed E-state index contributed by atoms with van der Waals surface area (Å²) in [4.78, 5) is 61.4. The molecule has 0 radical (unpaired) electrons. The molecule has 14 heteroatoms. The molecule has 2 saturated heterocycles. The summed E-state index contributed by atoms with van der Waals surface area (Å²) in [5.41, 5.74) is 6.46. The fourth-order valence-corrected chi connectivity index (χ4v) is 5.32. The first-order valence-corrected chi connectivity index (χ1v) is 12.1. The average Bonchev–Trinajstić information content (AvgIpc) is 3.48. The molecule has 2 aromatic rings. The predicted molar refractivity (Wildman–Crippen MR) is 131 cm³/mol. The van der Waals surface area contributed by atoms with Crippen LogP contribution in [0.2, 0.25) is 0 Å². The summed E-state index contributed by atoms with van der Waals surface area (Å²) in [6.07, 6.45) is 5.82. The van der Waals surface area contributed by atoms with Crippen molar-refractivity contribution in [2.24, 2.45) is 5.16 Å². The summed E-state index contributed by atoms with van der Waals surface area (Å²) < 4.78 is 0. The Morgan fingerprint density at radius 1 is 1.30 bits per heavy atom. The molecule has 2 fully saturated rings. The van der Waals surface area contributed by atoms with E-state index < -0.39 is 35.6 Å². The Bertz CT molecular complexity index is 1400. The van der Waals surface area contributed by atoms with Crippen LogP contribution in [0, 0.1) is 0 Å². The van der Waals surface area contributed by atoms with E-state index >= 15 is 0 Å². The number of allylic oxidation sites excluding steroid dienone is 2. The number of rotatable bonds is 6. The number of β-lactam (4-membered cyclic amide) rings is 1. The van der Waals surface area contributed by atoms with Gasteiger partial charge in [-0.05, 0) is 43.0 Å². The highest BCUT2D eigenvalue weighted by molar-refractivity contribution is 7.13. The lowest BCUT2D eigenvalue weighted by Crippen LogP contribution is -2.72. The van der Waals surface area contributed by atoms with E-state index in [0.717, 1.165) is 16.2 Å². The largest absolute Gasteiger partial charge is 0.477 e. The van der Waals surface area contributed by atoms with Crippen molar-refractivity contribution in [2.75, 3.05) is 17.2 Å². The van der Waals surface area contributed by atoms with E-state index in [1.807, 2.05) is 0 Å². The second-order valence-corrected chi connectivity index (χ2v) is 9.44. The standard InChI is InChI=1S/C23H21N7O6S/c24-23-26-14(10-37-23)16(28-36)19(31)27-17-15-4-3-11(18(22(34)35)30(15)21(17)33)8-12-5-7-29(20(12)32)13-2-1-6-25-9-13/h1-2,6,8-10,15,17,36H,3-5,7H2,(H2,24,26)(H,27,31)(H,34,35)/b12-8+,28-16-/t15-,17+/m1/s1. The van der Waals surface area contributed by atoms with Gasteiger partial charge in [0.25, 0.3) is 17.7 Å². The molecule has 3 aliphatic rings. The number of carbonyl (C=O) groups is 4. The first-order valence-electron chi connectivity index (χ1n) is 11.3. The fourth-order valence-electron chi connectivity index (χ4n) is 4.77. The van der Waals surface area contributed by atoms with E-state index in [2.05, 4.69) is 20.4 Å². The van der Waals surface area contributed by atoms with E-state index in [1.165, 1.54) is 5.38 Å². The van der Waals surface area contributed by atoms with Crippen molar-refractivity contribution in [3.63, 3.8) is 0 Å². The van der Waals surface area contributed by atoms with Crippen molar-refractivity contribution >= 4 is 51.6 Å². The molecule has 2 aromatic heterocycles. The number of aliphatic carboxylic acids is 1. The molecule has 190 valence electrons. The number of carboxylic acid groups (broad SMARTS) is 1. The molecule has 5 heterocycles. The number of fused-ring (bicyclic) bond motifs is 1. The van der Waals surface area contributed by atoms with Crippen LogP contribution in [-0.2, 0) is 19.2 Å². The quantitative estimate of drug-likeness (QED) is 0.137. The number of hydrogen-bond acceptors (Lipinski definition) is 10. The summed E-state index contributed by atoms with van der Waals surface area (Å²) >= 11 is 1.05. The van der Waals surface area contributed by atoms with Crippen LogP contribution in [0.1, 0.15) is 25.0 Å². The number of aromatic nitrogens is 2. The van der Waals surface area contributed by atoms with Gasteiger partial charge in [0.15, 0.2) is 10.8 Å². The average molecular weight is 524 g/mol. The Balaban J connectivity index is 1.35. The Labute approximate surface area is 213 Å². The summed E-state index contributed by atoms with van der Waals surface area (Å²) in [6.45, 7) is 0.435. The third kappa shape index (κ3) is 4.20. The van der Waals surface area contributed by atoms with E-state index in [-0.39, 0.29) is 28.9 Å². The van der Waals surface area contributed by atoms with Crippen LogP contribution in [0.5, 0.6) is 0 Å². The van der Waals surface area contributed by atoms with Gasteiger partial charge in [0.2, 0.25) is 0 Å². The number of thiazole rings is 1. The minimum atomic E-state index is -1.31. The third-order valence-corrected chi connectivity index (χ3v) is 7.15. The third-order valence-electron chi connectivity index (χ3n) is 6.47. The smallest absolute Gasteiger partial charge is 0.352 e. The second kappa shape index (κ2) is 9.46. The summed E-state index contributed by atoms with van der Waals surface area (Å²) in [5.74, 6) is -3.01. The molecule has 0 aromatic carbocycles. The number of nitrogens with two attached hydrogens (primary N) is 1. The number of hydrogen-bond donors (Lipinski definition) is 4. The van der Waals surface area contributed by atoms with E-state index in [9.17, 15) is 29.5 Å². The normalized spacial score (nSPS) is 22.8. The van der Waals surface area contributed by atoms with Gasteiger partial charge in [0.05, 0.1) is 17.9 Å². The lowest BCUT2D eigenvalue weighted by Gasteiger charge is -2.50. The molecule has 5 N–H and O–H groups in total. The number of pyridine rings is 1. The van der Waals surface area contributed by atoms with Crippen LogP contribution in [0.25, 0.3) is 0 Å². The highest BCUT2D eigenvalue weighted by Crippen LogP contribution is 2.38. The highest BCUT2D eigenvalue weighted by atomic mass is 32.1. The molecule has 0 aliphatic carbocycles. The van der Waals surface area contributed by atoms with Crippen LogP contribution < -0.4 is 16.0 Å². The zero-order chi connectivity index (χ0) is 26.3. The number of anilines is 2. The predicted octanol–water partition coefficient (Wildman–Crippen LogP) is 0.490. The molecule has 3 aliphatic heterocycles. The lowest BCUT2D eigenvalue weighted by molar-refractivity contribution is -0.155. The maximum Gasteiger partial charge on any atom is 0.352 e. The molecule has 5 rings (SSSR count). The van der Waals surface area contributed by atoms with E-state index in [0.29, 0.717) is 36.2 Å². The molecule has 0 bridgehead atoms. The number of amides is 3. The van der Waals surface area contributed by atoms with Crippen LogP contribution in [0.3, 0.4) is 0 Å². The monoisotopic (exact) mass is 523 g/mol. The first kappa shape index (κ1) is 24.1. The topological polar surface area (TPSA) is 191 Å². The number of nitrogen functional groups attached to an aromatic ring is 1. The van der Waals surface area contributed by atoms with Gasteiger partial charge in [0, 0.05) is 23.7 Å². The van der Waals surface area contributed by atoms with Gasteiger partial charge in [-0.2, -0.15) is 0 Å². The van der Waals surface area contributed by atoms with Gasteiger partial charge >= 0.3 is 5.97 Å². The van der Waals surface area contributed by atoms with Crippen molar-refractivity contribution in [2.45, 2.75) is 31.3 Å². The summed E-state index contributed by atoms with van der Waals surface area (Å²) in [7, 11) is 0. The second-order valence-electron chi connectivity index (χ2n) is 8.55. The summed E-state index contributed by atoms with van der Waals surface area (Å²) in [5, 5.41) is 26.3. The van der Waals surface area contributed by atoms with E-state index in [1.54, 1.807) is 35.5 Å². The van der Waals surface area contributed by atoms with Crippen molar-refractivity contribution in [3.8, 4) is 0 Å². The maximum absolute atomic E-state index is 13.0. The molecular formula is C23H21N7O6S. The first-order chi connectivity index (χ1) is 17.8. The lowest BCUT2D eigenvalue weighted by atomic mass is 9.82. The van der Waals surface area contributed by atoms with Gasteiger partial charge in [-0.15, -0.1) is 11.3 Å². The van der Waals surface area contributed by atoms with Crippen molar-refractivity contribution in [3.05, 3.63) is 58.5 Å². The Kier molecular flexibility index (Phi) is 6.17. The number of nitrogens with one attached hydrogen (secondary N) is 1. The zero-order valence-corrected chi connectivity index (χ0v) is 20.0. The minimum Gasteiger partial charge on any atom is -0.477 e. The molecule has 3 amide bonds.